The summed E-state index contributed by atoms with van der Waals surface area (Å²) in [5, 5.41) is 11.4. The minimum Gasteiger partial charge on any atom is -0.507 e. The fourth-order valence-corrected chi connectivity index (χ4v) is 3.63. The summed E-state index contributed by atoms with van der Waals surface area (Å²) in [6, 6.07) is 10.6. The van der Waals surface area contributed by atoms with E-state index in [1.165, 1.54) is 24.3 Å². The fourth-order valence-electron chi connectivity index (χ4n) is 3.44. The predicted molar refractivity (Wildman–Crippen MR) is 109 cm³/mol. The standard InChI is InChI=1S/C22H17ClN2O5/c1-29-17-10-14(6-7-15(17)23)20(26)18-19(16-5-3-9-30-16)25(22(28)21(18)27)12-13-4-2-8-24-11-13/h2-11,19,26H,12H2,1H3/b20-18-. The first-order chi connectivity index (χ1) is 14.5. The summed E-state index contributed by atoms with van der Waals surface area (Å²) in [7, 11) is 1.45. The summed E-state index contributed by atoms with van der Waals surface area (Å²) in [6.45, 7) is 0.129. The molecule has 0 spiro atoms. The molecule has 0 saturated carbocycles. The normalized spacial score (nSPS) is 18.1. The van der Waals surface area contributed by atoms with Gasteiger partial charge in [-0.2, -0.15) is 0 Å². The van der Waals surface area contributed by atoms with Crippen molar-refractivity contribution in [1.82, 2.24) is 9.88 Å². The average molecular weight is 425 g/mol. The maximum Gasteiger partial charge on any atom is 0.296 e. The highest BCUT2D eigenvalue weighted by Gasteiger charge is 2.47. The highest BCUT2D eigenvalue weighted by molar-refractivity contribution is 6.46. The summed E-state index contributed by atoms with van der Waals surface area (Å²) >= 11 is 6.06. The van der Waals surface area contributed by atoms with Crippen LogP contribution in [0.25, 0.3) is 5.76 Å². The minimum absolute atomic E-state index is 0.0665. The number of hydrogen-bond donors (Lipinski definition) is 1. The molecule has 1 amide bonds. The average Bonchev–Trinajstić information content (AvgIpc) is 3.37. The van der Waals surface area contributed by atoms with E-state index in [1.807, 2.05) is 0 Å². The van der Waals surface area contributed by atoms with E-state index in [0.29, 0.717) is 22.1 Å². The summed E-state index contributed by atoms with van der Waals surface area (Å²) < 4.78 is 10.7. The van der Waals surface area contributed by atoms with Gasteiger partial charge in [0, 0.05) is 24.5 Å². The highest BCUT2D eigenvalue weighted by atomic mass is 35.5. The number of carbonyl (C=O) groups is 2. The van der Waals surface area contributed by atoms with Crippen molar-refractivity contribution < 1.29 is 23.8 Å². The zero-order valence-electron chi connectivity index (χ0n) is 15.9. The van der Waals surface area contributed by atoms with Crippen molar-refractivity contribution in [3.05, 3.63) is 88.6 Å². The number of nitrogens with zero attached hydrogens (tertiary/aromatic N) is 2. The van der Waals surface area contributed by atoms with Crippen LogP contribution in [0, 0.1) is 0 Å². The Bertz CT molecular complexity index is 1130. The maximum atomic E-state index is 12.9. The molecule has 0 radical (unpaired) electrons. The van der Waals surface area contributed by atoms with E-state index < -0.39 is 17.7 Å². The fraction of sp³-hybridized carbons (Fsp3) is 0.136. The van der Waals surface area contributed by atoms with E-state index in [-0.39, 0.29) is 17.9 Å². The van der Waals surface area contributed by atoms with Crippen molar-refractivity contribution in [2.24, 2.45) is 0 Å². The van der Waals surface area contributed by atoms with Crippen LogP contribution in [-0.2, 0) is 16.1 Å². The number of likely N-dealkylation sites (tertiary alicyclic amines) is 1. The van der Waals surface area contributed by atoms with Crippen LogP contribution in [0.3, 0.4) is 0 Å². The summed E-state index contributed by atoms with van der Waals surface area (Å²) in [5.74, 6) is -1.17. The van der Waals surface area contributed by atoms with Crippen LogP contribution in [0.2, 0.25) is 5.02 Å². The third kappa shape index (κ3) is 3.44. The molecule has 3 heterocycles. The number of hydrogen-bond acceptors (Lipinski definition) is 6. The third-order valence-corrected chi connectivity index (χ3v) is 5.17. The molecular weight excluding hydrogens is 408 g/mol. The number of aliphatic hydroxyl groups is 1. The Morgan fingerprint density at radius 2 is 2.10 bits per heavy atom. The molecule has 1 saturated heterocycles. The Morgan fingerprint density at radius 1 is 1.27 bits per heavy atom. The number of rotatable bonds is 5. The van der Waals surface area contributed by atoms with Crippen LogP contribution in [0.15, 0.2) is 71.1 Å². The van der Waals surface area contributed by atoms with Crippen LogP contribution in [0.5, 0.6) is 5.75 Å². The van der Waals surface area contributed by atoms with Crippen LogP contribution in [0.1, 0.15) is 22.9 Å². The molecule has 30 heavy (non-hydrogen) atoms. The lowest BCUT2D eigenvalue weighted by atomic mass is 9.99. The van der Waals surface area contributed by atoms with E-state index in [4.69, 9.17) is 20.8 Å². The molecule has 0 bridgehead atoms. The molecule has 3 aromatic rings. The summed E-state index contributed by atoms with van der Waals surface area (Å²) in [6.07, 6.45) is 4.68. The zero-order chi connectivity index (χ0) is 21.3. The number of ether oxygens (including phenoxy) is 1. The second-order valence-electron chi connectivity index (χ2n) is 6.65. The quantitative estimate of drug-likeness (QED) is 0.378. The smallest absolute Gasteiger partial charge is 0.296 e. The van der Waals surface area contributed by atoms with Gasteiger partial charge in [-0.05, 0) is 42.0 Å². The van der Waals surface area contributed by atoms with Crippen LogP contribution in [0.4, 0.5) is 0 Å². The number of benzene rings is 1. The maximum absolute atomic E-state index is 12.9. The number of pyridine rings is 1. The van der Waals surface area contributed by atoms with Crippen LogP contribution < -0.4 is 4.74 Å². The van der Waals surface area contributed by atoms with E-state index >= 15 is 0 Å². The molecular formula is C22H17ClN2O5. The van der Waals surface area contributed by atoms with Crippen LogP contribution in [-0.4, -0.2) is 33.8 Å². The first-order valence-corrected chi connectivity index (χ1v) is 9.43. The molecule has 8 heteroatoms. The van der Waals surface area contributed by atoms with Gasteiger partial charge < -0.3 is 19.2 Å². The molecule has 1 aliphatic rings. The van der Waals surface area contributed by atoms with E-state index in [9.17, 15) is 14.7 Å². The number of carbonyl (C=O) groups excluding carboxylic acids is 2. The lowest BCUT2D eigenvalue weighted by Gasteiger charge is -2.23. The number of furan rings is 1. The third-order valence-electron chi connectivity index (χ3n) is 4.85. The molecule has 1 N–H and O–H groups in total. The first kappa shape index (κ1) is 19.7. The molecule has 7 nitrogen and oxygen atoms in total. The largest absolute Gasteiger partial charge is 0.507 e. The Balaban J connectivity index is 1.84. The Labute approximate surface area is 177 Å². The number of aliphatic hydroxyl groups excluding tert-OH is 1. The monoisotopic (exact) mass is 424 g/mol. The molecule has 152 valence electrons. The number of amides is 1. The molecule has 4 rings (SSSR count). The lowest BCUT2D eigenvalue weighted by molar-refractivity contribution is -0.140. The number of Topliss-reactive ketones (excluding diaryl/α,β-unsaturated/α-hetero) is 1. The van der Waals surface area contributed by atoms with E-state index in [0.717, 1.165) is 5.56 Å². The van der Waals surface area contributed by atoms with Crippen molar-refractivity contribution in [1.29, 1.82) is 0 Å². The van der Waals surface area contributed by atoms with Gasteiger partial charge in [-0.15, -0.1) is 0 Å². The summed E-state index contributed by atoms with van der Waals surface area (Å²) in [5.41, 5.74) is 0.972. The van der Waals surface area contributed by atoms with Gasteiger partial charge in [0.25, 0.3) is 11.7 Å². The topological polar surface area (TPSA) is 92.9 Å². The van der Waals surface area contributed by atoms with Gasteiger partial charge >= 0.3 is 0 Å². The number of aromatic nitrogens is 1. The van der Waals surface area contributed by atoms with Crippen molar-refractivity contribution in [3.63, 3.8) is 0 Å². The predicted octanol–water partition coefficient (Wildman–Crippen LogP) is 3.96. The lowest BCUT2D eigenvalue weighted by Crippen LogP contribution is -2.29. The van der Waals surface area contributed by atoms with Crippen molar-refractivity contribution in [2.75, 3.05) is 7.11 Å². The van der Waals surface area contributed by atoms with E-state index in [1.54, 1.807) is 48.8 Å². The number of ketones is 1. The Kier molecular flexibility index (Phi) is 5.29. The molecule has 1 aliphatic heterocycles. The molecule has 1 atom stereocenters. The summed E-state index contributed by atoms with van der Waals surface area (Å²) in [4.78, 5) is 31.2. The van der Waals surface area contributed by atoms with Gasteiger partial charge in [-0.25, -0.2) is 0 Å². The van der Waals surface area contributed by atoms with Gasteiger partial charge in [0.2, 0.25) is 0 Å². The Hall–Kier alpha value is -3.58. The van der Waals surface area contributed by atoms with Gasteiger partial charge in [-0.3, -0.25) is 14.6 Å². The molecule has 2 aromatic heterocycles. The molecule has 1 fully saturated rings. The number of halogens is 1. The zero-order valence-corrected chi connectivity index (χ0v) is 16.7. The highest BCUT2D eigenvalue weighted by Crippen LogP contribution is 2.41. The van der Waals surface area contributed by atoms with Gasteiger partial charge in [0.05, 0.1) is 24.0 Å². The van der Waals surface area contributed by atoms with Crippen molar-refractivity contribution in [2.45, 2.75) is 12.6 Å². The Morgan fingerprint density at radius 3 is 2.77 bits per heavy atom. The second kappa shape index (κ2) is 8.04. The van der Waals surface area contributed by atoms with Crippen molar-refractivity contribution in [3.8, 4) is 5.75 Å². The molecule has 1 unspecified atom stereocenters. The second-order valence-corrected chi connectivity index (χ2v) is 7.06. The van der Waals surface area contributed by atoms with Crippen LogP contribution >= 0.6 is 11.6 Å². The van der Waals surface area contributed by atoms with E-state index in [2.05, 4.69) is 4.98 Å². The molecule has 1 aromatic carbocycles. The van der Waals surface area contributed by atoms with Gasteiger partial charge in [-0.1, -0.05) is 17.7 Å². The van der Waals surface area contributed by atoms with Gasteiger partial charge in [0.1, 0.15) is 23.3 Å². The number of methoxy groups -OCH3 is 1. The molecule has 0 aliphatic carbocycles. The first-order valence-electron chi connectivity index (χ1n) is 9.06. The SMILES string of the molecule is COc1cc(/C(O)=C2/C(=O)C(=O)N(Cc3cccnc3)C2c2ccco2)ccc1Cl. The minimum atomic E-state index is -0.887. The van der Waals surface area contributed by atoms with Gasteiger partial charge in [0.15, 0.2) is 0 Å². The van der Waals surface area contributed by atoms with Crippen molar-refractivity contribution >= 4 is 29.1 Å².